The first kappa shape index (κ1) is 18.5. The monoisotopic (exact) mass is 331 g/mol. The molecule has 0 unspecified atom stereocenters. The Morgan fingerprint density at radius 2 is 1.62 bits per heavy atom. The molecule has 0 aromatic heterocycles. The molecule has 0 aliphatic carbocycles. The van der Waals surface area contributed by atoms with Crippen molar-refractivity contribution in [1.29, 1.82) is 0 Å². The molecule has 1 heterocycles. The number of likely N-dealkylation sites (tertiary alicyclic amines) is 1. The van der Waals surface area contributed by atoms with Crippen molar-refractivity contribution in [2.45, 2.75) is 38.5 Å². The van der Waals surface area contributed by atoms with Crippen LogP contribution in [0.2, 0.25) is 0 Å². The van der Waals surface area contributed by atoms with Crippen LogP contribution in [0, 0.1) is 0 Å². The van der Waals surface area contributed by atoms with Gasteiger partial charge in [0, 0.05) is 6.54 Å². The molecule has 1 aliphatic heterocycles. The summed E-state index contributed by atoms with van der Waals surface area (Å²) in [6.07, 6.45) is 6.54. The molecule has 1 aliphatic rings. The Bertz CT molecular complexity index is 497. The minimum absolute atomic E-state index is 0.0510. The highest BCUT2D eigenvalue weighted by Crippen LogP contribution is 2.09. The van der Waals surface area contributed by atoms with Crippen molar-refractivity contribution < 1.29 is 9.59 Å². The van der Waals surface area contributed by atoms with Crippen molar-refractivity contribution in [1.82, 2.24) is 15.5 Å². The molecule has 1 saturated heterocycles. The van der Waals surface area contributed by atoms with Gasteiger partial charge in [0.1, 0.15) is 0 Å². The van der Waals surface area contributed by atoms with Gasteiger partial charge in [-0.25, -0.2) is 0 Å². The van der Waals surface area contributed by atoms with Gasteiger partial charge in [0.15, 0.2) is 0 Å². The molecule has 2 N–H and O–H groups in total. The molecule has 1 aromatic rings. The topological polar surface area (TPSA) is 61.4 Å². The van der Waals surface area contributed by atoms with E-state index in [4.69, 9.17) is 0 Å². The zero-order valence-electron chi connectivity index (χ0n) is 14.4. The molecule has 24 heavy (non-hydrogen) atoms. The lowest BCUT2D eigenvalue weighted by Gasteiger charge is -2.19. The molecule has 0 saturated carbocycles. The molecule has 0 bridgehead atoms. The van der Waals surface area contributed by atoms with Crippen LogP contribution in [-0.2, 0) is 16.0 Å². The van der Waals surface area contributed by atoms with Crippen LogP contribution in [0.15, 0.2) is 30.3 Å². The van der Waals surface area contributed by atoms with Gasteiger partial charge in [0.05, 0.1) is 13.0 Å². The van der Waals surface area contributed by atoms with Crippen LogP contribution in [0.1, 0.15) is 37.7 Å². The van der Waals surface area contributed by atoms with Gasteiger partial charge in [-0.1, -0.05) is 43.2 Å². The number of benzene rings is 1. The maximum Gasteiger partial charge on any atom is 0.239 e. The van der Waals surface area contributed by atoms with Crippen LogP contribution in [-0.4, -0.2) is 49.4 Å². The quantitative estimate of drug-likeness (QED) is 0.713. The van der Waals surface area contributed by atoms with Crippen molar-refractivity contribution in [2.24, 2.45) is 0 Å². The van der Waals surface area contributed by atoms with E-state index in [-0.39, 0.29) is 18.4 Å². The van der Waals surface area contributed by atoms with Crippen molar-refractivity contribution in [3.8, 4) is 0 Å². The highest BCUT2D eigenvalue weighted by Gasteiger charge is 2.09. The van der Waals surface area contributed by atoms with Gasteiger partial charge >= 0.3 is 0 Å². The maximum atomic E-state index is 11.8. The molecule has 1 aromatic carbocycles. The van der Waals surface area contributed by atoms with Gasteiger partial charge in [-0.05, 0) is 44.5 Å². The number of hydrogen-bond donors (Lipinski definition) is 2. The summed E-state index contributed by atoms with van der Waals surface area (Å²) in [7, 11) is 0. The van der Waals surface area contributed by atoms with E-state index in [1.165, 1.54) is 38.8 Å². The highest BCUT2D eigenvalue weighted by molar-refractivity contribution is 5.85. The van der Waals surface area contributed by atoms with Crippen molar-refractivity contribution in [3.63, 3.8) is 0 Å². The molecule has 1 fully saturated rings. The summed E-state index contributed by atoms with van der Waals surface area (Å²) in [5, 5.41) is 5.54. The SMILES string of the molecule is O=C(CNC(=O)Cc1ccccc1)NCCCN1CCCCCC1. The smallest absolute Gasteiger partial charge is 0.239 e. The standard InChI is InChI=1S/C19H29N3O2/c23-18(15-17-9-4-3-5-10-17)21-16-19(24)20-11-8-14-22-12-6-1-2-7-13-22/h3-5,9-10H,1-2,6-8,11-16H2,(H,20,24)(H,21,23). The molecule has 5 nitrogen and oxygen atoms in total. The second-order valence-corrected chi connectivity index (χ2v) is 6.40. The minimum Gasteiger partial charge on any atom is -0.355 e. The maximum absolute atomic E-state index is 11.8. The number of carbonyl (C=O) groups excluding carboxylic acids is 2. The Labute approximate surface area is 144 Å². The van der Waals surface area contributed by atoms with Crippen molar-refractivity contribution in [2.75, 3.05) is 32.7 Å². The number of nitrogens with one attached hydrogen (secondary N) is 2. The first-order valence-electron chi connectivity index (χ1n) is 9.04. The van der Waals surface area contributed by atoms with Gasteiger partial charge in [0.25, 0.3) is 0 Å². The number of rotatable bonds is 8. The summed E-state index contributed by atoms with van der Waals surface area (Å²) in [4.78, 5) is 26.0. The van der Waals surface area contributed by atoms with Gasteiger partial charge < -0.3 is 15.5 Å². The van der Waals surface area contributed by atoms with E-state index in [0.29, 0.717) is 13.0 Å². The fraction of sp³-hybridized carbons (Fsp3) is 0.579. The predicted octanol–water partition coefficient (Wildman–Crippen LogP) is 1.73. The zero-order valence-corrected chi connectivity index (χ0v) is 14.4. The molecule has 2 amide bonds. The lowest BCUT2D eigenvalue weighted by atomic mass is 10.1. The van der Waals surface area contributed by atoms with Crippen molar-refractivity contribution >= 4 is 11.8 Å². The molecule has 5 heteroatoms. The summed E-state index contributed by atoms with van der Waals surface area (Å²) in [6, 6.07) is 9.53. The summed E-state index contributed by atoms with van der Waals surface area (Å²) < 4.78 is 0. The Balaban J connectivity index is 1.52. The van der Waals surface area contributed by atoms with Crippen molar-refractivity contribution in [3.05, 3.63) is 35.9 Å². The molecule has 0 atom stereocenters. The molecule has 0 radical (unpaired) electrons. The van der Waals surface area contributed by atoms with Gasteiger partial charge in [-0.3, -0.25) is 9.59 Å². The normalized spacial score (nSPS) is 15.5. The van der Waals surface area contributed by atoms with E-state index in [1.807, 2.05) is 30.3 Å². The molecular weight excluding hydrogens is 302 g/mol. The van der Waals surface area contributed by atoms with Gasteiger partial charge in [-0.2, -0.15) is 0 Å². The number of carbonyl (C=O) groups is 2. The molecule has 132 valence electrons. The zero-order chi connectivity index (χ0) is 17.0. The Morgan fingerprint density at radius 3 is 2.33 bits per heavy atom. The Hall–Kier alpha value is -1.88. The average Bonchev–Trinajstić information content (AvgIpc) is 2.87. The first-order valence-corrected chi connectivity index (χ1v) is 9.04. The second-order valence-electron chi connectivity index (χ2n) is 6.40. The van der Waals surface area contributed by atoms with E-state index in [2.05, 4.69) is 15.5 Å². The first-order chi connectivity index (χ1) is 11.7. The van der Waals surface area contributed by atoms with E-state index >= 15 is 0 Å². The van der Waals surface area contributed by atoms with Crippen LogP contribution < -0.4 is 10.6 Å². The van der Waals surface area contributed by atoms with E-state index in [0.717, 1.165) is 18.5 Å². The summed E-state index contributed by atoms with van der Waals surface area (Å²) in [5.41, 5.74) is 0.952. The van der Waals surface area contributed by atoms with E-state index < -0.39 is 0 Å². The third-order valence-electron chi connectivity index (χ3n) is 4.33. The largest absolute Gasteiger partial charge is 0.355 e. The number of nitrogens with zero attached hydrogens (tertiary/aromatic N) is 1. The van der Waals surface area contributed by atoms with Gasteiger partial charge in [0.2, 0.25) is 11.8 Å². The fourth-order valence-electron chi connectivity index (χ4n) is 2.98. The molecule has 2 rings (SSSR count). The summed E-state index contributed by atoms with van der Waals surface area (Å²) >= 11 is 0. The third-order valence-corrected chi connectivity index (χ3v) is 4.33. The second kappa shape index (κ2) is 10.8. The highest BCUT2D eigenvalue weighted by atomic mass is 16.2. The number of hydrogen-bond acceptors (Lipinski definition) is 3. The lowest BCUT2D eigenvalue weighted by Crippen LogP contribution is -2.38. The van der Waals surface area contributed by atoms with Crippen LogP contribution in [0.5, 0.6) is 0 Å². The predicted molar refractivity (Wildman–Crippen MR) is 95.7 cm³/mol. The number of amides is 2. The Kier molecular flexibility index (Phi) is 8.32. The van der Waals surface area contributed by atoms with Crippen LogP contribution in [0.3, 0.4) is 0 Å². The Morgan fingerprint density at radius 1 is 0.917 bits per heavy atom. The fourth-order valence-corrected chi connectivity index (χ4v) is 2.98. The lowest BCUT2D eigenvalue weighted by molar-refractivity contribution is -0.125. The van der Waals surface area contributed by atoms with Gasteiger partial charge in [-0.15, -0.1) is 0 Å². The third kappa shape index (κ3) is 7.59. The average molecular weight is 331 g/mol. The minimum atomic E-state index is -0.124. The molecule has 0 spiro atoms. The van der Waals surface area contributed by atoms with Crippen LogP contribution in [0.4, 0.5) is 0 Å². The van der Waals surface area contributed by atoms with E-state index in [9.17, 15) is 9.59 Å². The summed E-state index contributed by atoms with van der Waals surface area (Å²) in [5.74, 6) is -0.242. The molecular formula is C19H29N3O2. The summed E-state index contributed by atoms with van der Waals surface area (Å²) in [6.45, 7) is 4.13. The van der Waals surface area contributed by atoms with Crippen LogP contribution in [0.25, 0.3) is 0 Å². The van der Waals surface area contributed by atoms with E-state index in [1.54, 1.807) is 0 Å². The van der Waals surface area contributed by atoms with Crippen LogP contribution >= 0.6 is 0 Å².